The monoisotopic (exact) mass is 394 g/mol. The number of nitrogens with zero attached hydrogens (tertiary/aromatic N) is 1. The quantitative estimate of drug-likeness (QED) is 0.805. The molecule has 1 heterocycles. The Hall–Kier alpha value is -0.600. The molecule has 0 aliphatic rings. The van der Waals surface area contributed by atoms with Crippen molar-refractivity contribution in [1.29, 1.82) is 0 Å². The molecule has 2 N–H and O–H groups in total. The maximum absolute atomic E-state index is 12.6. The number of nitrogen functional groups attached to an aromatic ring is 1. The van der Waals surface area contributed by atoms with E-state index in [0.29, 0.717) is 16.7 Å². The van der Waals surface area contributed by atoms with Crippen molar-refractivity contribution in [2.75, 3.05) is 12.8 Å². The number of halogens is 2. The van der Waals surface area contributed by atoms with Gasteiger partial charge in [-0.1, -0.05) is 11.6 Å². The van der Waals surface area contributed by atoms with Crippen LogP contribution in [-0.2, 0) is 16.6 Å². The largest absolute Gasteiger partial charge is 0.398 e. The van der Waals surface area contributed by atoms with Crippen molar-refractivity contribution in [2.24, 2.45) is 0 Å². The number of sulfonamides is 1. The molecule has 1 aromatic carbocycles. The molecule has 20 heavy (non-hydrogen) atoms. The van der Waals surface area contributed by atoms with Crippen LogP contribution in [0.4, 0.5) is 5.69 Å². The Kier molecular flexibility index (Phi) is 4.76. The van der Waals surface area contributed by atoms with Crippen molar-refractivity contribution in [3.63, 3.8) is 0 Å². The fourth-order valence-corrected chi connectivity index (χ4v) is 4.73. The van der Waals surface area contributed by atoms with E-state index < -0.39 is 10.0 Å². The highest BCUT2D eigenvalue weighted by atomic mass is 79.9. The molecule has 108 valence electrons. The van der Waals surface area contributed by atoms with Gasteiger partial charge in [0.15, 0.2) is 0 Å². The van der Waals surface area contributed by atoms with Crippen LogP contribution in [0.1, 0.15) is 5.56 Å². The normalized spacial score (nSPS) is 12.0. The van der Waals surface area contributed by atoms with Crippen molar-refractivity contribution < 1.29 is 8.42 Å². The summed E-state index contributed by atoms with van der Waals surface area (Å²) >= 11 is 10.6. The second kappa shape index (κ2) is 6.03. The van der Waals surface area contributed by atoms with E-state index >= 15 is 0 Å². The van der Waals surface area contributed by atoms with Crippen LogP contribution in [0.15, 0.2) is 38.3 Å². The average molecular weight is 396 g/mol. The molecule has 0 amide bonds. The third-order valence-corrected chi connectivity index (χ3v) is 6.63. The molecule has 2 rings (SSSR count). The highest BCUT2D eigenvalue weighted by Crippen LogP contribution is 2.33. The molecular weight excluding hydrogens is 384 g/mol. The molecule has 0 saturated heterocycles. The summed E-state index contributed by atoms with van der Waals surface area (Å²) in [6.07, 6.45) is 0. The van der Waals surface area contributed by atoms with Crippen LogP contribution in [0.5, 0.6) is 0 Å². The highest BCUT2D eigenvalue weighted by molar-refractivity contribution is 9.10. The molecule has 8 heteroatoms. The predicted molar refractivity (Wildman–Crippen MR) is 86.5 cm³/mol. The van der Waals surface area contributed by atoms with Crippen LogP contribution in [0.25, 0.3) is 0 Å². The molecule has 0 saturated carbocycles. The minimum atomic E-state index is -3.66. The Labute approximate surface area is 135 Å². The lowest BCUT2D eigenvalue weighted by molar-refractivity contribution is 0.467. The number of anilines is 1. The van der Waals surface area contributed by atoms with Crippen LogP contribution in [-0.4, -0.2) is 19.8 Å². The molecule has 0 spiro atoms. The third kappa shape index (κ3) is 3.17. The van der Waals surface area contributed by atoms with Gasteiger partial charge >= 0.3 is 0 Å². The summed E-state index contributed by atoms with van der Waals surface area (Å²) < 4.78 is 26.7. The van der Waals surface area contributed by atoms with Crippen LogP contribution in [0.3, 0.4) is 0 Å². The van der Waals surface area contributed by atoms with Crippen molar-refractivity contribution in [3.05, 3.63) is 44.0 Å². The average Bonchev–Trinajstić information content (AvgIpc) is 2.86. The van der Waals surface area contributed by atoms with Gasteiger partial charge in [-0.25, -0.2) is 8.42 Å². The fourth-order valence-electron chi connectivity index (χ4n) is 1.66. The zero-order valence-electron chi connectivity index (χ0n) is 10.5. The van der Waals surface area contributed by atoms with Crippen LogP contribution in [0, 0.1) is 0 Å². The Morgan fingerprint density at radius 2 is 2.15 bits per heavy atom. The lowest BCUT2D eigenvalue weighted by atomic mass is 10.3. The van der Waals surface area contributed by atoms with Gasteiger partial charge in [-0.05, 0) is 50.5 Å². The molecule has 0 aliphatic carbocycles. The van der Waals surface area contributed by atoms with E-state index in [2.05, 4.69) is 15.9 Å². The topological polar surface area (TPSA) is 63.4 Å². The lowest BCUT2D eigenvalue weighted by Crippen LogP contribution is -2.26. The summed E-state index contributed by atoms with van der Waals surface area (Å²) in [6.45, 7) is 0.296. The second-order valence-electron chi connectivity index (χ2n) is 4.20. The Bertz CT molecular complexity index is 717. The van der Waals surface area contributed by atoms with E-state index in [1.54, 1.807) is 0 Å². The van der Waals surface area contributed by atoms with Crippen molar-refractivity contribution in [1.82, 2.24) is 4.31 Å². The number of hydrogen-bond acceptors (Lipinski definition) is 4. The molecule has 0 aliphatic heterocycles. The number of benzene rings is 1. The Morgan fingerprint density at radius 1 is 1.45 bits per heavy atom. The molecule has 0 fully saturated rings. The van der Waals surface area contributed by atoms with Gasteiger partial charge in [0.1, 0.15) is 0 Å². The van der Waals surface area contributed by atoms with Gasteiger partial charge in [0.05, 0.1) is 9.37 Å². The van der Waals surface area contributed by atoms with Crippen LogP contribution >= 0.6 is 38.9 Å². The first-order chi connectivity index (χ1) is 9.32. The smallest absolute Gasteiger partial charge is 0.244 e. The standard InChI is InChI=1S/C12H12BrClN2O2S2/c1-16(6-8-2-3-19-7-8)20(17,18)11-5-9(14)4-10(15)12(11)13/h2-5,7H,6,15H2,1H3. The zero-order valence-corrected chi connectivity index (χ0v) is 14.5. The summed E-state index contributed by atoms with van der Waals surface area (Å²) in [7, 11) is -2.14. The van der Waals surface area contributed by atoms with Gasteiger partial charge in [0.25, 0.3) is 0 Å². The van der Waals surface area contributed by atoms with E-state index in [1.165, 1.54) is 34.8 Å². The maximum Gasteiger partial charge on any atom is 0.244 e. The molecular formula is C12H12BrClN2O2S2. The van der Waals surface area contributed by atoms with E-state index in [0.717, 1.165) is 5.56 Å². The second-order valence-corrected chi connectivity index (χ2v) is 8.22. The van der Waals surface area contributed by atoms with Gasteiger partial charge in [-0.15, -0.1) is 0 Å². The third-order valence-electron chi connectivity index (χ3n) is 2.71. The Morgan fingerprint density at radius 3 is 2.75 bits per heavy atom. The Balaban J connectivity index is 2.40. The molecule has 1 aromatic heterocycles. The van der Waals surface area contributed by atoms with Gasteiger partial charge in [0, 0.05) is 24.3 Å². The summed E-state index contributed by atoms with van der Waals surface area (Å²) in [5.41, 5.74) is 6.97. The van der Waals surface area contributed by atoms with E-state index in [4.69, 9.17) is 17.3 Å². The fraction of sp³-hybridized carbons (Fsp3) is 0.167. The lowest BCUT2D eigenvalue weighted by Gasteiger charge is -2.18. The first-order valence-electron chi connectivity index (χ1n) is 5.54. The number of rotatable bonds is 4. The molecule has 0 bridgehead atoms. The van der Waals surface area contributed by atoms with Crippen LogP contribution in [0.2, 0.25) is 5.02 Å². The van der Waals surface area contributed by atoms with Gasteiger partial charge in [-0.3, -0.25) is 0 Å². The van der Waals surface area contributed by atoms with E-state index in [1.807, 2.05) is 16.8 Å². The summed E-state index contributed by atoms with van der Waals surface area (Å²) in [6, 6.07) is 4.78. The van der Waals surface area contributed by atoms with Gasteiger partial charge < -0.3 is 5.73 Å². The zero-order chi connectivity index (χ0) is 14.9. The summed E-state index contributed by atoms with van der Waals surface area (Å²) in [5, 5.41) is 4.10. The number of nitrogens with two attached hydrogens (primary N) is 1. The van der Waals surface area contributed by atoms with Crippen molar-refractivity contribution >= 4 is 54.6 Å². The first kappa shape index (κ1) is 15.8. The highest BCUT2D eigenvalue weighted by Gasteiger charge is 2.25. The summed E-state index contributed by atoms with van der Waals surface area (Å²) in [4.78, 5) is 0.0697. The maximum atomic E-state index is 12.6. The van der Waals surface area contributed by atoms with Gasteiger partial charge in [0.2, 0.25) is 10.0 Å². The number of hydrogen-bond donors (Lipinski definition) is 1. The van der Waals surface area contributed by atoms with Crippen LogP contribution < -0.4 is 5.73 Å². The molecule has 4 nitrogen and oxygen atoms in total. The minimum absolute atomic E-state index is 0.0697. The van der Waals surface area contributed by atoms with Gasteiger partial charge in [-0.2, -0.15) is 15.6 Å². The van der Waals surface area contributed by atoms with Crippen molar-refractivity contribution in [3.8, 4) is 0 Å². The SMILES string of the molecule is CN(Cc1ccsc1)S(=O)(=O)c1cc(Cl)cc(N)c1Br. The minimum Gasteiger partial charge on any atom is -0.398 e. The molecule has 0 unspecified atom stereocenters. The predicted octanol–water partition coefficient (Wildman–Crippen LogP) is 3.57. The summed E-state index contributed by atoms with van der Waals surface area (Å²) in [5.74, 6) is 0. The molecule has 2 aromatic rings. The molecule has 0 atom stereocenters. The van der Waals surface area contributed by atoms with E-state index in [9.17, 15) is 8.42 Å². The van der Waals surface area contributed by atoms with E-state index in [-0.39, 0.29) is 9.92 Å². The molecule has 0 radical (unpaired) electrons. The number of thiophene rings is 1. The van der Waals surface area contributed by atoms with Crippen molar-refractivity contribution in [2.45, 2.75) is 11.4 Å². The first-order valence-corrected chi connectivity index (χ1v) is 9.09.